The van der Waals surface area contributed by atoms with Crippen molar-refractivity contribution in [3.63, 3.8) is 0 Å². The van der Waals surface area contributed by atoms with Crippen LogP contribution in [0.4, 0.5) is 14.5 Å². The Labute approximate surface area is 121 Å². The molecule has 1 amide bonds. The summed E-state index contributed by atoms with van der Waals surface area (Å²) >= 11 is 3.02. The zero-order chi connectivity index (χ0) is 14.9. The third-order valence-electron chi connectivity index (χ3n) is 2.45. The van der Waals surface area contributed by atoms with E-state index in [9.17, 15) is 13.6 Å². The van der Waals surface area contributed by atoms with Crippen LogP contribution in [0.1, 0.15) is 10.4 Å². The maximum atomic E-state index is 13.6. The molecule has 0 aliphatic carbocycles. The van der Waals surface area contributed by atoms with E-state index in [0.29, 0.717) is 10.2 Å². The highest BCUT2D eigenvalue weighted by atomic mass is 79.9. The van der Waals surface area contributed by atoms with Gasteiger partial charge in [0.15, 0.2) is 11.6 Å². The van der Waals surface area contributed by atoms with Crippen molar-refractivity contribution in [2.75, 3.05) is 5.73 Å². The second-order valence-electron chi connectivity index (χ2n) is 3.92. The number of hydrogen-bond donors (Lipinski definition) is 2. The van der Waals surface area contributed by atoms with Crippen molar-refractivity contribution < 1.29 is 18.3 Å². The zero-order valence-corrected chi connectivity index (χ0v) is 11.6. The standard InChI is InChI=1S/C13H9BrF2N2O2/c14-6-3-9(15)12(16)11(4-6)20-10-2-1-7(17)5-8(10)13(18)19/h1-5H,17H2,(H2,18,19). The minimum Gasteiger partial charge on any atom is -0.453 e. The predicted molar refractivity (Wildman–Crippen MR) is 73.5 cm³/mol. The van der Waals surface area contributed by atoms with Gasteiger partial charge in [-0.25, -0.2) is 4.39 Å². The monoisotopic (exact) mass is 342 g/mol. The third-order valence-corrected chi connectivity index (χ3v) is 2.91. The Morgan fingerprint density at radius 3 is 2.50 bits per heavy atom. The van der Waals surface area contributed by atoms with Crippen molar-refractivity contribution in [1.29, 1.82) is 0 Å². The number of carbonyl (C=O) groups excluding carboxylic acids is 1. The van der Waals surface area contributed by atoms with Crippen molar-refractivity contribution in [3.8, 4) is 11.5 Å². The fourth-order valence-corrected chi connectivity index (χ4v) is 1.96. The maximum Gasteiger partial charge on any atom is 0.252 e. The average Bonchev–Trinajstić information content (AvgIpc) is 2.37. The number of benzene rings is 2. The summed E-state index contributed by atoms with van der Waals surface area (Å²) in [4.78, 5) is 11.3. The third kappa shape index (κ3) is 2.88. The van der Waals surface area contributed by atoms with Crippen molar-refractivity contribution in [2.45, 2.75) is 0 Å². The van der Waals surface area contributed by atoms with E-state index < -0.39 is 17.5 Å². The van der Waals surface area contributed by atoms with Crippen LogP contribution in [0.25, 0.3) is 0 Å². The van der Waals surface area contributed by atoms with E-state index in [2.05, 4.69) is 15.9 Å². The summed E-state index contributed by atoms with van der Waals surface area (Å²) in [7, 11) is 0. The molecule has 0 aliphatic heterocycles. The molecule has 0 fully saturated rings. The SMILES string of the molecule is NC(=O)c1cc(N)ccc1Oc1cc(Br)cc(F)c1F. The lowest BCUT2D eigenvalue weighted by atomic mass is 10.1. The number of primary amides is 1. The number of anilines is 1. The summed E-state index contributed by atoms with van der Waals surface area (Å²) in [6.07, 6.45) is 0. The molecular weight excluding hydrogens is 334 g/mol. The van der Waals surface area contributed by atoms with Crippen molar-refractivity contribution in [1.82, 2.24) is 0 Å². The number of carbonyl (C=O) groups is 1. The van der Waals surface area contributed by atoms with Crippen LogP contribution < -0.4 is 16.2 Å². The molecule has 0 heterocycles. The molecule has 2 aromatic rings. The van der Waals surface area contributed by atoms with Gasteiger partial charge >= 0.3 is 0 Å². The van der Waals surface area contributed by atoms with Crippen molar-refractivity contribution in [2.24, 2.45) is 5.73 Å². The van der Waals surface area contributed by atoms with E-state index in [4.69, 9.17) is 16.2 Å². The van der Waals surface area contributed by atoms with E-state index in [-0.39, 0.29) is 17.1 Å². The second-order valence-corrected chi connectivity index (χ2v) is 4.84. The van der Waals surface area contributed by atoms with Crippen LogP contribution in [0.5, 0.6) is 11.5 Å². The highest BCUT2D eigenvalue weighted by Crippen LogP contribution is 2.32. The Kier molecular flexibility index (Phi) is 3.89. The van der Waals surface area contributed by atoms with Crippen LogP contribution >= 0.6 is 15.9 Å². The highest BCUT2D eigenvalue weighted by Gasteiger charge is 2.16. The summed E-state index contributed by atoms with van der Waals surface area (Å²) in [5.41, 5.74) is 11.0. The smallest absolute Gasteiger partial charge is 0.252 e. The van der Waals surface area contributed by atoms with Gasteiger partial charge in [-0.3, -0.25) is 4.79 Å². The summed E-state index contributed by atoms with van der Waals surface area (Å²) < 4.78 is 32.4. The minimum atomic E-state index is -1.17. The van der Waals surface area contributed by atoms with E-state index in [1.807, 2.05) is 0 Å². The van der Waals surface area contributed by atoms with Gasteiger partial charge in [0, 0.05) is 10.2 Å². The fourth-order valence-electron chi connectivity index (χ4n) is 1.55. The molecule has 0 radical (unpaired) electrons. The van der Waals surface area contributed by atoms with Crippen molar-refractivity contribution in [3.05, 3.63) is 52.0 Å². The lowest BCUT2D eigenvalue weighted by Gasteiger charge is -2.11. The molecule has 104 valence electrons. The second kappa shape index (κ2) is 5.46. The number of amides is 1. The summed E-state index contributed by atoms with van der Waals surface area (Å²) in [5, 5.41) is 0. The van der Waals surface area contributed by atoms with E-state index >= 15 is 0 Å². The molecular formula is C13H9BrF2N2O2. The van der Waals surface area contributed by atoms with Gasteiger partial charge in [0.1, 0.15) is 5.75 Å². The summed E-state index contributed by atoms with van der Waals surface area (Å²) in [6.45, 7) is 0. The Morgan fingerprint density at radius 1 is 1.15 bits per heavy atom. The molecule has 2 rings (SSSR count). The highest BCUT2D eigenvalue weighted by molar-refractivity contribution is 9.10. The molecule has 4 nitrogen and oxygen atoms in total. The molecule has 2 aromatic carbocycles. The normalized spacial score (nSPS) is 10.3. The van der Waals surface area contributed by atoms with E-state index in [1.54, 1.807) is 0 Å². The fraction of sp³-hybridized carbons (Fsp3) is 0. The molecule has 0 aromatic heterocycles. The molecule has 0 spiro atoms. The van der Waals surface area contributed by atoms with Gasteiger partial charge in [-0.2, -0.15) is 4.39 Å². The van der Waals surface area contributed by atoms with Crippen LogP contribution in [-0.2, 0) is 0 Å². The van der Waals surface area contributed by atoms with Gasteiger partial charge in [0.2, 0.25) is 5.82 Å². The van der Waals surface area contributed by atoms with Gasteiger partial charge in [-0.1, -0.05) is 15.9 Å². The van der Waals surface area contributed by atoms with Crippen LogP contribution in [0.15, 0.2) is 34.8 Å². The lowest BCUT2D eigenvalue weighted by molar-refractivity contribution is 0.0998. The zero-order valence-electron chi connectivity index (χ0n) is 9.99. The quantitative estimate of drug-likeness (QED) is 0.664. The van der Waals surface area contributed by atoms with E-state index in [0.717, 1.165) is 6.07 Å². The molecule has 0 atom stereocenters. The largest absolute Gasteiger partial charge is 0.453 e. The first kappa shape index (κ1) is 14.3. The number of rotatable bonds is 3. The van der Waals surface area contributed by atoms with Crippen LogP contribution in [0.3, 0.4) is 0 Å². The molecule has 0 bridgehead atoms. The number of ether oxygens (including phenoxy) is 1. The molecule has 0 saturated heterocycles. The Morgan fingerprint density at radius 2 is 1.85 bits per heavy atom. The number of hydrogen-bond acceptors (Lipinski definition) is 3. The Balaban J connectivity index is 2.48. The number of nitrogens with two attached hydrogens (primary N) is 2. The van der Waals surface area contributed by atoms with Crippen LogP contribution in [0, 0.1) is 11.6 Å². The molecule has 4 N–H and O–H groups in total. The molecule has 20 heavy (non-hydrogen) atoms. The topological polar surface area (TPSA) is 78.3 Å². The average molecular weight is 343 g/mol. The summed E-state index contributed by atoms with van der Waals surface area (Å²) in [6, 6.07) is 6.30. The minimum absolute atomic E-state index is 0.0110. The first-order valence-electron chi connectivity index (χ1n) is 5.40. The van der Waals surface area contributed by atoms with Gasteiger partial charge in [0.25, 0.3) is 5.91 Å². The van der Waals surface area contributed by atoms with Crippen LogP contribution in [-0.4, -0.2) is 5.91 Å². The van der Waals surface area contributed by atoms with E-state index in [1.165, 1.54) is 24.3 Å². The molecule has 0 aliphatic rings. The molecule has 0 saturated carbocycles. The molecule has 0 unspecified atom stereocenters. The Bertz CT molecular complexity index is 692. The summed E-state index contributed by atoms with van der Waals surface area (Å²) in [5.74, 6) is -3.42. The van der Waals surface area contributed by atoms with Gasteiger partial charge < -0.3 is 16.2 Å². The van der Waals surface area contributed by atoms with Gasteiger partial charge in [0.05, 0.1) is 5.56 Å². The first-order valence-corrected chi connectivity index (χ1v) is 6.19. The maximum absolute atomic E-state index is 13.6. The van der Waals surface area contributed by atoms with Crippen molar-refractivity contribution >= 4 is 27.5 Å². The number of halogens is 3. The lowest BCUT2D eigenvalue weighted by Crippen LogP contribution is -2.13. The molecule has 7 heteroatoms. The number of nitrogen functional groups attached to an aromatic ring is 1. The van der Waals surface area contributed by atoms with Gasteiger partial charge in [-0.15, -0.1) is 0 Å². The first-order chi connectivity index (χ1) is 9.38. The Hall–Kier alpha value is -2.15. The van der Waals surface area contributed by atoms with Gasteiger partial charge in [-0.05, 0) is 30.3 Å². The predicted octanol–water partition coefficient (Wildman–Crippen LogP) is 3.20. The van der Waals surface area contributed by atoms with Crippen LogP contribution in [0.2, 0.25) is 0 Å².